The van der Waals surface area contributed by atoms with Gasteiger partial charge in [-0.15, -0.1) is 0 Å². The molecule has 0 saturated heterocycles. The van der Waals surface area contributed by atoms with Gasteiger partial charge in [0.15, 0.2) is 0 Å². The van der Waals surface area contributed by atoms with Gasteiger partial charge in [0.05, 0.1) is 0 Å². The number of rotatable bonds is 5. The van der Waals surface area contributed by atoms with Crippen LogP contribution in [0.3, 0.4) is 0 Å². The van der Waals surface area contributed by atoms with Crippen molar-refractivity contribution < 1.29 is 40.2 Å². The lowest BCUT2D eigenvalue weighted by Crippen LogP contribution is -2.34. The molecule has 0 saturated carbocycles. The normalized spacial score (nSPS) is 10.0. The average Bonchev–Trinajstić information content (AvgIpc) is 2.74. The van der Waals surface area contributed by atoms with Crippen molar-refractivity contribution in [3.05, 3.63) is 72.8 Å². The first-order chi connectivity index (χ1) is 14.2. The lowest BCUT2D eigenvalue weighted by atomic mass is 9.75. The lowest BCUT2D eigenvalue weighted by molar-refractivity contribution is 0.423. The quantitative estimate of drug-likeness (QED) is 0.197. The fourth-order valence-corrected chi connectivity index (χ4v) is 2.54. The molecule has 0 aliphatic carbocycles. The van der Waals surface area contributed by atoms with E-state index >= 15 is 0 Å². The van der Waals surface area contributed by atoms with E-state index in [0.29, 0.717) is 21.9 Å². The summed E-state index contributed by atoms with van der Waals surface area (Å²) in [5.41, 5.74) is 3.33. The standard InChI is InChI=1S/C12H12B2O4.C6H8B2O4/c15-13(16)11-5-1-9(2-6-11)10-3-7-12(8-4-10)14(17)18;9-7(10)5-1-2-6(4-3-5)8(11)12/h1-8,15-18H;1-4,9-12H. The summed E-state index contributed by atoms with van der Waals surface area (Å²) in [6.07, 6.45) is 0. The van der Waals surface area contributed by atoms with Gasteiger partial charge in [-0.1, -0.05) is 72.8 Å². The zero-order valence-electron chi connectivity index (χ0n) is 15.8. The molecule has 3 rings (SSSR count). The summed E-state index contributed by atoms with van der Waals surface area (Å²) in [4.78, 5) is 0. The van der Waals surface area contributed by atoms with Crippen molar-refractivity contribution in [2.75, 3.05) is 0 Å². The van der Waals surface area contributed by atoms with Crippen LogP contribution in [0.25, 0.3) is 11.1 Å². The Kier molecular flexibility index (Phi) is 8.85. The van der Waals surface area contributed by atoms with E-state index in [1.54, 1.807) is 48.5 Å². The first kappa shape index (κ1) is 23.9. The van der Waals surface area contributed by atoms with E-state index in [1.165, 1.54) is 24.3 Å². The minimum absolute atomic E-state index is 0.319. The Morgan fingerprint density at radius 1 is 0.300 bits per heavy atom. The molecule has 3 aromatic carbocycles. The van der Waals surface area contributed by atoms with Gasteiger partial charge in [-0.25, -0.2) is 0 Å². The van der Waals surface area contributed by atoms with Crippen LogP contribution in [0.1, 0.15) is 0 Å². The molecule has 8 N–H and O–H groups in total. The predicted molar refractivity (Wildman–Crippen MR) is 118 cm³/mol. The minimum Gasteiger partial charge on any atom is -0.423 e. The summed E-state index contributed by atoms with van der Waals surface area (Å²) in [6, 6.07) is 19.3. The van der Waals surface area contributed by atoms with Crippen LogP contribution in [-0.2, 0) is 0 Å². The van der Waals surface area contributed by atoms with E-state index in [-0.39, 0.29) is 0 Å². The van der Waals surface area contributed by atoms with Gasteiger partial charge in [0.25, 0.3) is 0 Å². The molecular formula is C18H20B4O8. The van der Waals surface area contributed by atoms with Gasteiger partial charge in [-0.2, -0.15) is 0 Å². The van der Waals surface area contributed by atoms with Gasteiger partial charge in [-0.3, -0.25) is 0 Å². The molecule has 0 unspecified atom stereocenters. The number of hydrogen-bond donors (Lipinski definition) is 8. The average molecular weight is 408 g/mol. The third-order valence-corrected chi connectivity index (χ3v) is 4.28. The van der Waals surface area contributed by atoms with Crippen molar-refractivity contribution in [2.24, 2.45) is 0 Å². The highest BCUT2D eigenvalue weighted by Gasteiger charge is 2.14. The molecule has 0 atom stereocenters. The van der Waals surface area contributed by atoms with E-state index in [0.717, 1.165) is 11.1 Å². The first-order valence-electron chi connectivity index (χ1n) is 8.93. The van der Waals surface area contributed by atoms with Crippen LogP contribution in [0.5, 0.6) is 0 Å². The maximum absolute atomic E-state index is 8.98. The molecule has 0 spiro atoms. The Bertz CT molecular complexity index is 824. The summed E-state index contributed by atoms with van der Waals surface area (Å²) in [5, 5.41) is 70.7. The minimum atomic E-state index is -1.52. The number of benzene rings is 3. The highest BCUT2D eigenvalue weighted by molar-refractivity contribution is 6.61. The highest BCUT2D eigenvalue weighted by Crippen LogP contribution is 2.16. The van der Waals surface area contributed by atoms with Crippen molar-refractivity contribution in [3.63, 3.8) is 0 Å². The Labute approximate surface area is 174 Å². The molecule has 8 nitrogen and oxygen atoms in total. The van der Waals surface area contributed by atoms with E-state index < -0.39 is 28.5 Å². The van der Waals surface area contributed by atoms with Crippen molar-refractivity contribution in [3.8, 4) is 11.1 Å². The van der Waals surface area contributed by atoms with Gasteiger partial charge in [0, 0.05) is 0 Å². The van der Waals surface area contributed by atoms with Crippen molar-refractivity contribution in [1.82, 2.24) is 0 Å². The second-order valence-electron chi connectivity index (χ2n) is 6.41. The molecule has 0 bridgehead atoms. The summed E-state index contributed by atoms with van der Waals surface area (Å²) in [6.45, 7) is 0. The van der Waals surface area contributed by atoms with E-state index in [4.69, 9.17) is 40.2 Å². The zero-order chi connectivity index (χ0) is 22.3. The van der Waals surface area contributed by atoms with Crippen LogP contribution in [0.2, 0.25) is 0 Å². The van der Waals surface area contributed by atoms with Crippen molar-refractivity contribution in [2.45, 2.75) is 0 Å². The topological polar surface area (TPSA) is 162 Å². The molecule has 12 heteroatoms. The Hall–Kier alpha value is -2.40. The molecule has 0 amide bonds. The molecular weight excluding hydrogens is 387 g/mol. The van der Waals surface area contributed by atoms with Crippen LogP contribution in [0, 0.1) is 0 Å². The second-order valence-corrected chi connectivity index (χ2v) is 6.41. The summed E-state index contributed by atoms with van der Waals surface area (Å²) >= 11 is 0. The van der Waals surface area contributed by atoms with Gasteiger partial charge in [0.1, 0.15) is 0 Å². The van der Waals surface area contributed by atoms with Crippen LogP contribution >= 0.6 is 0 Å². The third-order valence-electron chi connectivity index (χ3n) is 4.28. The maximum Gasteiger partial charge on any atom is 0.488 e. The van der Waals surface area contributed by atoms with Gasteiger partial charge < -0.3 is 40.2 Å². The van der Waals surface area contributed by atoms with Crippen molar-refractivity contribution in [1.29, 1.82) is 0 Å². The van der Waals surface area contributed by atoms with E-state index in [9.17, 15) is 0 Å². The SMILES string of the molecule is OB(O)c1ccc(-c2ccc(B(O)O)cc2)cc1.OB(O)c1ccc(B(O)O)cc1. The smallest absolute Gasteiger partial charge is 0.423 e. The summed E-state index contributed by atoms with van der Waals surface area (Å²) < 4.78 is 0. The molecule has 0 aromatic heterocycles. The van der Waals surface area contributed by atoms with Gasteiger partial charge in [-0.05, 0) is 33.0 Å². The van der Waals surface area contributed by atoms with Crippen molar-refractivity contribution >= 4 is 50.3 Å². The second kappa shape index (κ2) is 11.1. The fraction of sp³-hybridized carbons (Fsp3) is 0. The Balaban J connectivity index is 0.000000232. The molecule has 0 aliphatic heterocycles. The monoisotopic (exact) mass is 408 g/mol. The van der Waals surface area contributed by atoms with Gasteiger partial charge >= 0.3 is 28.5 Å². The van der Waals surface area contributed by atoms with E-state index in [2.05, 4.69) is 0 Å². The van der Waals surface area contributed by atoms with Crippen LogP contribution < -0.4 is 21.9 Å². The predicted octanol–water partition coefficient (Wildman–Crippen LogP) is -4.24. The molecule has 30 heavy (non-hydrogen) atoms. The van der Waals surface area contributed by atoms with Crippen LogP contribution in [-0.4, -0.2) is 68.7 Å². The lowest BCUT2D eigenvalue weighted by Gasteiger charge is -2.05. The van der Waals surface area contributed by atoms with Gasteiger partial charge in [0.2, 0.25) is 0 Å². The molecule has 0 fully saturated rings. The Morgan fingerprint density at radius 2 is 0.467 bits per heavy atom. The van der Waals surface area contributed by atoms with Crippen LogP contribution in [0.15, 0.2) is 72.8 Å². The van der Waals surface area contributed by atoms with Crippen LogP contribution in [0.4, 0.5) is 0 Å². The Morgan fingerprint density at radius 3 is 0.633 bits per heavy atom. The largest absolute Gasteiger partial charge is 0.488 e. The summed E-state index contributed by atoms with van der Waals surface area (Å²) in [7, 11) is -5.97. The maximum atomic E-state index is 8.98. The first-order valence-corrected chi connectivity index (χ1v) is 8.93. The fourth-order valence-electron chi connectivity index (χ4n) is 2.54. The molecule has 0 heterocycles. The highest BCUT2D eigenvalue weighted by atomic mass is 16.4. The molecule has 0 aliphatic rings. The zero-order valence-corrected chi connectivity index (χ0v) is 15.8. The number of hydrogen-bond acceptors (Lipinski definition) is 8. The molecule has 3 aromatic rings. The van der Waals surface area contributed by atoms with E-state index in [1.807, 2.05) is 0 Å². The molecule has 0 radical (unpaired) electrons. The third kappa shape index (κ3) is 6.84. The molecule has 152 valence electrons. The summed E-state index contributed by atoms with van der Waals surface area (Å²) in [5.74, 6) is 0.